The Kier molecular flexibility index (Phi) is 4.32. The van der Waals surface area contributed by atoms with Gasteiger partial charge in [0.1, 0.15) is 5.82 Å². The van der Waals surface area contributed by atoms with Crippen LogP contribution in [0.1, 0.15) is 43.4 Å². The molecule has 1 aromatic heterocycles. The van der Waals surface area contributed by atoms with Gasteiger partial charge >= 0.3 is 5.97 Å². The van der Waals surface area contributed by atoms with Crippen molar-refractivity contribution in [3.8, 4) is 0 Å². The van der Waals surface area contributed by atoms with Crippen LogP contribution in [0.4, 0.5) is 0 Å². The second-order valence-electron chi connectivity index (χ2n) is 5.81. The predicted octanol–water partition coefficient (Wildman–Crippen LogP) is 3.11. The summed E-state index contributed by atoms with van der Waals surface area (Å²) in [5, 5.41) is 9.43. The van der Waals surface area contributed by atoms with E-state index in [9.17, 15) is 9.90 Å². The number of rotatable bonds is 6. The van der Waals surface area contributed by atoms with Gasteiger partial charge in [0.25, 0.3) is 0 Å². The smallest absolute Gasteiger partial charge is 0.337 e. The highest BCUT2D eigenvalue weighted by Gasteiger charge is 2.23. The maximum Gasteiger partial charge on any atom is 0.337 e. The molecule has 1 N–H and O–H groups in total. The average Bonchev–Trinajstić information content (AvgIpc) is 2.76. The molecule has 0 atom stereocenters. The third-order valence-electron chi connectivity index (χ3n) is 3.64. The van der Waals surface area contributed by atoms with Gasteiger partial charge in [0.2, 0.25) is 0 Å². The Morgan fingerprint density at radius 2 is 2.14 bits per heavy atom. The number of ether oxygens (including phenoxy) is 1. The normalized spacial score (nSPS) is 12.0. The monoisotopic (exact) mass is 290 g/mol. The molecule has 114 valence electrons. The second-order valence-corrected chi connectivity index (χ2v) is 5.81. The van der Waals surface area contributed by atoms with E-state index in [2.05, 4.69) is 11.9 Å². The predicted molar refractivity (Wildman–Crippen MR) is 81.8 cm³/mol. The van der Waals surface area contributed by atoms with Gasteiger partial charge in [-0.2, -0.15) is 0 Å². The molecule has 2 rings (SSSR count). The maximum atomic E-state index is 11.5. The molecule has 5 heteroatoms. The van der Waals surface area contributed by atoms with Crippen molar-refractivity contribution in [2.45, 2.75) is 45.8 Å². The van der Waals surface area contributed by atoms with E-state index in [0.29, 0.717) is 12.1 Å². The highest BCUT2D eigenvalue weighted by molar-refractivity contribution is 6.01. The molecule has 0 saturated carbocycles. The third kappa shape index (κ3) is 3.08. The standard InChI is InChI=1S/C16H22N2O3/c1-5-7-13-17-12-9-6-8-11(15(19)20)14(12)18(13)10-16(2,3)21-4/h6,8-9H,5,7,10H2,1-4H3,(H,19,20). The molecular weight excluding hydrogens is 268 g/mol. The van der Waals surface area contributed by atoms with Crippen LogP contribution in [0.3, 0.4) is 0 Å². The summed E-state index contributed by atoms with van der Waals surface area (Å²) in [5.74, 6) is -0.0219. The molecule has 0 amide bonds. The van der Waals surface area contributed by atoms with Crippen LogP contribution in [0, 0.1) is 0 Å². The van der Waals surface area contributed by atoms with E-state index in [0.717, 1.165) is 24.2 Å². The summed E-state index contributed by atoms with van der Waals surface area (Å²) in [6.45, 7) is 6.62. The maximum absolute atomic E-state index is 11.5. The minimum absolute atomic E-state index is 0.286. The van der Waals surface area contributed by atoms with Crippen LogP contribution < -0.4 is 0 Å². The van der Waals surface area contributed by atoms with Crippen molar-refractivity contribution in [3.63, 3.8) is 0 Å². The fourth-order valence-electron chi connectivity index (χ4n) is 2.44. The summed E-state index contributed by atoms with van der Waals surface area (Å²) < 4.78 is 7.49. The topological polar surface area (TPSA) is 64.3 Å². The SMILES string of the molecule is CCCc1nc2cccc(C(=O)O)c2n1CC(C)(C)OC. The minimum atomic E-state index is -0.931. The molecule has 0 radical (unpaired) electrons. The summed E-state index contributed by atoms with van der Waals surface area (Å²) in [6.07, 6.45) is 1.77. The molecule has 0 aliphatic heterocycles. The summed E-state index contributed by atoms with van der Waals surface area (Å²) in [6, 6.07) is 5.22. The minimum Gasteiger partial charge on any atom is -0.478 e. The molecule has 0 aliphatic rings. The molecule has 0 bridgehead atoms. The van der Waals surface area contributed by atoms with Crippen LogP contribution in [-0.4, -0.2) is 33.3 Å². The van der Waals surface area contributed by atoms with E-state index >= 15 is 0 Å². The molecular formula is C16H22N2O3. The third-order valence-corrected chi connectivity index (χ3v) is 3.64. The van der Waals surface area contributed by atoms with Gasteiger partial charge in [0.05, 0.1) is 28.7 Å². The molecule has 0 fully saturated rings. The van der Waals surface area contributed by atoms with E-state index in [-0.39, 0.29) is 11.2 Å². The number of benzene rings is 1. The number of carbonyl (C=O) groups is 1. The van der Waals surface area contributed by atoms with Gasteiger partial charge < -0.3 is 14.4 Å². The van der Waals surface area contributed by atoms with Crippen LogP contribution >= 0.6 is 0 Å². The van der Waals surface area contributed by atoms with E-state index in [1.807, 2.05) is 24.5 Å². The second kappa shape index (κ2) is 5.85. The molecule has 0 saturated heterocycles. The number of para-hydroxylation sites is 1. The lowest BCUT2D eigenvalue weighted by molar-refractivity contribution is 0.00835. The summed E-state index contributed by atoms with van der Waals surface area (Å²) in [7, 11) is 1.66. The highest BCUT2D eigenvalue weighted by Crippen LogP contribution is 2.24. The van der Waals surface area contributed by atoms with E-state index in [1.165, 1.54) is 0 Å². The van der Waals surface area contributed by atoms with Gasteiger partial charge in [-0.15, -0.1) is 0 Å². The van der Waals surface area contributed by atoms with Crippen molar-refractivity contribution in [2.75, 3.05) is 7.11 Å². The van der Waals surface area contributed by atoms with E-state index in [4.69, 9.17) is 4.74 Å². The first kappa shape index (κ1) is 15.5. The number of aromatic carboxylic acids is 1. The van der Waals surface area contributed by atoms with E-state index < -0.39 is 5.97 Å². The van der Waals surface area contributed by atoms with Crippen molar-refractivity contribution < 1.29 is 14.6 Å². The van der Waals surface area contributed by atoms with Crippen LogP contribution in [0.25, 0.3) is 11.0 Å². The van der Waals surface area contributed by atoms with Gasteiger partial charge in [0, 0.05) is 13.5 Å². The van der Waals surface area contributed by atoms with Gasteiger partial charge in [-0.25, -0.2) is 9.78 Å². The zero-order chi connectivity index (χ0) is 15.6. The number of aromatic nitrogens is 2. The average molecular weight is 290 g/mol. The summed E-state index contributed by atoms with van der Waals surface area (Å²) in [5.41, 5.74) is 1.31. The zero-order valence-corrected chi connectivity index (χ0v) is 13.0. The van der Waals surface area contributed by atoms with Crippen LogP contribution in [0.5, 0.6) is 0 Å². The Hall–Kier alpha value is -1.88. The Morgan fingerprint density at radius 1 is 1.43 bits per heavy atom. The first-order chi connectivity index (χ1) is 9.89. The number of fused-ring (bicyclic) bond motifs is 1. The number of hydrogen-bond donors (Lipinski definition) is 1. The molecule has 2 aromatic rings. The van der Waals surface area contributed by atoms with Crippen LogP contribution in [-0.2, 0) is 17.7 Å². The van der Waals surface area contributed by atoms with Gasteiger partial charge in [-0.3, -0.25) is 0 Å². The van der Waals surface area contributed by atoms with Gasteiger partial charge in [-0.1, -0.05) is 13.0 Å². The highest BCUT2D eigenvalue weighted by atomic mass is 16.5. The number of imidazole rings is 1. The van der Waals surface area contributed by atoms with Crippen molar-refractivity contribution in [2.24, 2.45) is 0 Å². The molecule has 0 aliphatic carbocycles. The largest absolute Gasteiger partial charge is 0.478 e. The Labute approximate surface area is 124 Å². The first-order valence-corrected chi connectivity index (χ1v) is 7.16. The lowest BCUT2D eigenvalue weighted by atomic mass is 10.1. The lowest BCUT2D eigenvalue weighted by Crippen LogP contribution is -2.30. The fourth-order valence-corrected chi connectivity index (χ4v) is 2.44. The van der Waals surface area contributed by atoms with Crippen LogP contribution in [0.2, 0.25) is 0 Å². The van der Waals surface area contributed by atoms with Gasteiger partial charge in [0.15, 0.2) is 0 Å². The Balaban J connectivity index is 2.67. The first-order valence-electron chi connectivity index (χ1n) is 7.16. The fraction of sp³-hybridized carbons (Fsp3) is 0.500. The van der Waals surface area contributed by atoms with Crippen molar-refractivity contribution >= 4 is 17.0 Å². The molecule has 1 aromatic carbocycles. The summed E-state index contributed by atoms with van der Waals surface area (Å²) >= 11 is 0. The number of nitrogens with zero attached hydrogens (tertiary/aromatic N) is 2. The summed E-state index contributed by atoms with van der Waals surface area (Å²) in [4.78, 5) is 16.1. The molecule has 0 spiro atoms. The van der Waals surface area contributed by atoms with Crippen molar-refractivity contribution in [1.29, 1.82) is 0 Å². The zero-order valence-electron chi connectivity index (χ0n) is 13.0. The number of hydrogen-bond acceptors (Lipinski definition) is 3. The van der Waals surface area contributed by atoms with E-state index in [1.54, 1.807) is 19.2 Å². The number of carboxylic acid groups (broad SMARTS) is 1. The Bertz CT molecular complexity index is 659. The number of carboxylic acids is 1. The quantitative estimate of drug-likeness (QED) is 0.887. The van der Waals surface area contributed by atoms with Crippen molar-refractivity contribution in [1.82, 2.24) is 9.55 Å². The number of methoxy groups -OCH3 is 1. The molecule has 21 heavy (non-hydrogen) atoms. The molecule has 0 unspecified atom stereocenters. The molecule has 1 heterocycles. The lowest BCUT2D eigenvalue weighted by Gasteiger charge is -2.25. The van der Waals surface area contributed by atoms with Crippen molar-refractivity contribution in [3.05, 3.63) is 29.6 Å². The Morgan fingerprint density at radius 3 is 2.71 bits per heavy atom. The number of aryl methyl sites for hydroxylation is 1. The van der Waals surface area contributed by atoms with Gasteiger partial charge in [-0.05, 0) is 32.4 Å². The molecule has 5 nitrogen and oxygen atoms in total. The van der Waals surface area contributed by atoms with Crippen LogP contribution in [0.15, 0.2) is 18.2 Å².